The van der Waals surface area contributed by atoms with Crippen molar-refractivity contribution in [2.45, 2.75) is 6.61 Å². The SMILES string of the molecule is N#Cc1ccc(OCc2ccc(/C=C/C(=O)O)s2)cc1F. The van der Waals surface area contributed by atoms with Crippen LogP contribution < -0.4 is 4.74 Å². The molecule has 2 aromatic rings. The van der Waals surface area contributed by atoms with Crippen LogP contribution in [0.25, 0.3) is 6.08 Å². The molecule has 0 saturated heterocycles. The first-order valence-electron chi connectivity index (χ1n) is 5.90. The molecular weight excluding hydrogens is 293 g/mol. The molecule has 21 heavy (non-hydrogen) atoms. The number of thiophene rings is 1. The Hall–Kier alpha value is -2.65. The summed E-state index contributed by atoms with van der Waals surface area (Å²) in [5.41, 5.74) is -0.0282. The zero-order valence-electron chi connectivity index (χ0n) is 10.7. The quantitative estimate of drug-likeness (QED) is 0.859. The summed E-state index contributed by atoms with van der Waals surface area (Å²) in [5.74, 6) is -1.29. The second-order valence-electron chi connectivity index (χ2n) is 4.02. The number of halogens is 1. The van der Waals surface area contributed by atoms with Gasteiger partial charge in [-0.25, -0.2) is 9.18 Å². The molecule has 0 radical (unpaired) electrons. The number of hydrogen-bond acceptors (Lipinski definition) is 4. The fourth-order valence-electron chi connectivity index (χ4n) is 1.55. The average Bonchev–Trinajstić information content (AvgIpc) is 2.91. The van der Waals surface area contributed by atoms with E-state index >= 15 is 0 Å². The highest BCUT2D eigenvalue weighted by molar-refractivity contribution is 7.12. The molecule has 1 aromatic heterocycles. The predicted octanol–water partition coefficient (Wildman–Crippen LogP) is 3.44. The summed E-state index contributed by atoms with van der Waals surface area (Å²) in [4.78, 5) is 12.1. The third-order valence-electron chi connectivity index (χ3n) is 2.51. The number of ether oxygens (including phenoxy) is 1. The smallest absolute Gasteiger partial charge is 0.328 e. The minimum absolute atomic E-state index is 0.0282. The number of nitrogens with zero attached hydrogens (tertiary/aromatic N) is 1. The first-order valence-corrected chi connectivity index (χ1v) is 6.72. The zero-order chi connectivity index (χ0) is 15.2. The van der Waals surface area contributed by atoms with Crippen molar-refractivity contribution < 1.29 is 19.0 Å². The molecule has 6 heteroatoms. The van der Waals surface area contributed by atoms with Crippen molar-refractivity contribution >= 4 is 23.4 Å². The molecule has 0 aliphatic heterocycles. The van der Waals surface area contributed by atoms with E-state index in [1.165, 1.54) is 29.5 Å². The molecule has 0 saturated carbocycles. The van der Waals surface area contributed by atoms with Gasteiger partial charge in [-0.2, -0.15) is 5.26 Å². The van der Waals surface area contributed by atoms with Crippen molar-refractivity contribution in [3.63, 3.8) is 0 Å². The van der Waals surface area contributed by atoms with Crippen molar-refractivity contribution in [1.29, 1.82) is 5.26 Å². The molecule has 0 spiro atoms. The first kappa shape index (κ1) is 14.8. The maximum Gasteiger partial charge on any atom is 0.328 e. The van der Waals surface area contributed by atoms with E-state index in [9.17, 15) is 9.18 Å². The minimum Gasteiger partial charge on any atom is -0.488 e. The van der Waals surface area contributed by atoms with Gasteiger partial charge in [-0.3, -0.25) is 0 Å². The largest absolute Gasteiger partial charge is 0.488 e. The van der Waals surface area contributed by atoms with Crippen LogP contribution in [0.2, 0.25) is 0 Å². The third-order valence-corrected chi connectivity index (χ3v) is 3.54. The van der Waals surface area contributed by atoms with Crippen molar-refractivity contribution in [2.75, 3.05) is 0 Å². The number of carboxylic acid groups (broad SMARTS) is 1. The lowest BCUT2D eigenvalue weighted by Gasteiger charge is -2.04. The van der Waals surface area contributed by atoms with Crippen molar-refractivity contribution in [1.82, 2.24) is 0 Å². The van der Waals surface area contributed by atoms with Gasteiger partial charge in [-0.15, -0.1) is 11.3 Å². The summed E-state index contributed by atoms with van der Waals surface area (Å²) in [6.45, 7) is 0.247. The molecule has 2 rings (SSSR count). The highest BCUT2D eigenvalue weighted by Gasteiger charge is 2.05. The Kier molecular flexibility index (Phi) is 4.69. The summed E-state index contributed by atoms with van der Waals surface area (Å²) in [6, 6.07) is 9.38. The Labute approximate surface area is 124 Å². The average molecular weight is 303 g/mol. The molecule has 4 nitrogen and oxygen atoms in total. The fraction of sp³-hybridized carbons (Fsp3) is 0.0667. The highest BCUT2D eigenvalue weighted by Crippen LogP contribution is 2.21. The molecular formula is C15H10FNO3S. The van der Waals surface area contributed by atoms with Crippen LogP contribution in [0, 0.1) is 17.1 Å². The fourth-order valence-corrected chi connectivity index (χ4v) is 2.37. The molecule has 106 valence electrons. The van der Waals surface area contributed by atoms with Crippen molar-refractivity contribution in [2.24, 2.45) is 0 Å². The van der Waals surface area contributed by atoms with E-state index in [-0.39, 0.29) is 12.2 Å². The van der Waals surface area contributed by atoms with Crippen LogP contribution in [-0.2, 0) is 11.4 Å². The number of nitriles is 1. The van der Waals surface area contributed by atoms with Crippen LogP contribution in [0.1, 0.15) is 15.3 Å². The Morgan fingerprint density at radius 1 is 1.43 bits per heavy atom. The number of benzene rings is 1. The van der Waals surface area contributed by atoms with E-state index in [1.807, 2.05) is 6.07 Å². The lowest BCUT2D eigenvalue weighted by atomic mass is 10.2. The molecule has 0 aliphatic carbocycles. The maximum atomic E-state index is 13.4. The van der Waals surface area contributed by atoms with Crippen LogP contribution >= 0.6 is 11.3 Å². The summed E-state index contributed by atoms with van der Waals surface area (Å²) >= 11 is 1.38. The molecule has 1 aromatic carbocycles. The summed E-state index contributed by atoms with van der Waals surface area (Å²) < 4.78 is 18.8. The molecule has 1 heterocycles. The monoisotopic (exact) mass is 303 g/mol. The van der Waals surface area contributed by atoms with Crippen LogP contribution in [0.5, 0.6) is 5.75 Å². The Morgan fingerprint density at radius 3 is 2.90 bits per heavy atom. The second kappa shape index (κ2) is 6.68. The number of hydrogen-bond donors (Lipinski definition) is 1. The summed E-state index contributed by atoms with van der Waals surface area (Å²) in [5, 5.41) is 17.2. The Balaban J connectivity index is 1.99. The predicted molar refractivity (Wildman–Crippen MR) is 76.4 cm³/mol. The number of rotatable bonds is 5. The second-order valence-corrected chi connectivity index (χ2v) is 5.22. The maximum absolute atomic E-state index is 13.4. The van der Waals surface area contributed by atoms with Gasteiger partial charge in [0.2, 0.25) is 0 Å². The Bertz CT molecular complexity index is 731. The number of aliphatic carboxylic acids is 1. The topological polar surface area (TPSA) is 70.3 Å². The zero-order valence-corrected chi connectivity index (χ0v) is 11.6. The van der Waals surface area contributed by atoms with Gasteiger partial charge in [-0.05, 0) is 30.3 Å². The van der Waals surface area contributed by atoms with Crippen LogP contribution in [-0.4, -0.2) is 11.1 Å². The van der Waals surface area contributed by atoms with Gasteiger partial charge < -0.3 is 9.84 Å². The van der Waals surface area contributed by atoms with E-state index in [2.05, 4.69) is 0 Å². The van der Waals surface area contributed by atoms with Gasteiger partial charge in [0, 0.05) is 21.9 Å². The van der Waals surface area contributed by atoms with E-state index in [1.54, 1.807) is 12.1 Å². The van der Waals surface area contributed by atoms with Crippen LogP contribution in [0.15, 0.2) is 36.4 Å². The first-order chi connectivity index (χ1) is 10.1. The Morgan fingerprint density at radius 2 is 2.24 bits per heavy atom. The number of carbonyl (C=O) groups is 1. The van der Waals surface area contributed by atoms with E-state index in [0.29, 0.717) is 5.75 Å². The molecule has 1 N–H and O–H groups in total. The molecule has 0 fully saturated rings. The van der Waals surface area contributed by atoms with E-state index in [0.717, 1.165) is 21.9 Å². The normalized spacial score (nSPS) is 10.5. The van der Waals surface area contributed by atoms with E-state index in [4.69, 9.17) is 15.1 Å². The molecule has 0 aliphatic rings. The van der Waals surface area contributed by atoms with Crippen molar-refractivity contribution in [3.8, 4) is 11.8 Å². The lowest BCUT2D eigenvalue weighted by Crippen LogP contribution is -1.94. The molecule has 0 bridgehead atoms. The van der Waals surface area contributed by atoms with Crippen LogP contribution in [0.4, 0.5) is 4.39 Å². The molecule has 0 unspecified atom stereocenters. The van der Waals surface area contributed by atoms with Gasteiger partial charge in [0.25, 0.3) is 0 Å². The highest BCUT2D eigenvalue weighted by atomic mass is 32.1. The van der Waals surface area contributed by atoms with Crippen molar-refractivity contribution in [3.05, 3.63) is 57.5 Å². The molecule has 0 amide bonds. The van der Waals surface area contributed by atoms with Gasteiger partial charge in [0.05, 0.1) is 5.56 Å². The van der Waals surface area contributed by atoms with Crippen LogP contribution in [0.3, 0.4) is 0 Å². The van der Waals surface area contributed by atoms with Gasteiger partial charge in [0.15, 0.2) is 0 Å². The van der Waals surface area contributed by atoms with Gasteiger partial charge in [-0.1, -0.05) is 0 Å². The van der Waals surface area contributed by atoms with Gasteiger partial charge >= 0.3 is 5.97 Å². The molecule has 0 atom stereocenters. The summed E-state index contributed by atoms with van der Waals surface area (Å²) in [7, 11) is 0. The van der Waals surface area contributed by atoms with Gasteiger partial charge in [0.1, 0.15) is 24.2 Å². The summed E-state index contributed by atoms with van der Waals surface area (Å²) in [6.07, 6.45) is 2.56. The standard InChI is InChI=1S/C15H10FNO3S/c16-14-7-11(2-1-10(14)8-17)20-9-13-4-3-12(21-13)5-6-15(18)19/h1-7H,9H2,(H,18,19)/b6-5+. The lowest BCUT2D eigenvalue weighted by molar-refractivity contribution is -0.131. The third kappa shape index (κ3) is 4.16. The number of carboxylic acids is 1. The van der Waals surface area contributed by atoms with E-state index < -0.39 is 11.8 Å². The minimum atomic E-state index is -1.01.